The van der Waals surface area contributed by atoms with E-state index in [0.717, 1.165) is 62.0 Å². The Labute approximate surface area is 179 Å². The number of hydrogen-bond donors (Lipinski definition) is 2. The van der Waals surface area contributed by atoms with Gasteiger partial charge in [0, 0.05) is 31.6 Å². The van der Waals surface area contributed by atoms with Crippen LogP contribution in [0.15, 0.2) is 35.6 Å². The third-order valence-electron chi connectivity index (χ3n) is 4.08. The van der Waals surface area contributed by atoms with Crippen molar-refractivity contribution in [3.63, 3.8) is 0 Å². The van der Waals surface area contributed by atoms with Crippen LogP contribution in [0.25, 0.3) is 0 Å². The lowest BCUT2D eigenvalue weighted by atomic mass is 10.2. The number of rotatable bonds is 10. The van der Waals surface area contributed by atoms with E-state index in [1.807, 2.05) is 24.3 Å². The number of unbranched alkanes of at least 4 members (excludes halogenated alkanes) is 1. The average molecular weight is 486 g/mol. The first-order valence-corrected chi connectivity index (χ1v) is 9.29. The molecule has 0 aliphatic heterocycles. The lowest BCUT2D eigenvalue weighted by molar-refractivity contribution is 0.410. The number of guanidine groups is 1. The molecule has 8 heteroatoms. The molecule has 27 heavy (non-hydrogen) atoms. The molecule has 1 heterocycles. The molecule has 0 radical (unpaired) electrons. The molecule has 0 amide bonds. The normalized spacial score (nSPS) is 11.0. The van der Waals surface area contributed by atoms with E-state index in [9.17, 15) is 0 Å². The third-order valence-corrected chi connectivity index (χ3v) is 4.08. The van der Waals surface area contributed by atoms with E-state index in [1.165, 1.54) is 0 Å². The molecule has 7 nitrogen and oxygen atoms in total. The van der Waals surface area contributed by atoms with Crippen LogP contribution in [-0.4, -0.2) is 40.9 Å². The summed E-state index contributed by atoms with van der Waals surface area (Å²) in [5, 5.41) is 14.9. The highest BCUT2D eigenvalue weighted by Gasteiger charge is 2.04. The van der Waals surface area contributed by atoms with Crippen LogP contribution < -0.4 is 15.4 Å². The van der Waals surface area contributed by atoms with Gasteiger partial charge in [-0.2, -0.15) is 0 Å². The van der Waals surface area contributed by atoms with Gasteiger partial charge in [-0.15, -0.1) is 34.2 Å². The van der Waals surface area contributed by atoms with Crippen LogP contribution in [0.1, 0.15) is 38.1 Å². The van der Waals surface area contributed by atoms with Gasteiger partial charge in [-0.25, -0.2) is 4.99 Å². The number of halogens is 1. The van der Waals surface area contributed by atoms with Gasteiger partial charge in [0.2, 0.25) is 0 Å². The number of hydrogen-bond acceptors (Lipinski definition) is 4. The Hall–Kier alpha value is -1.84. The number of aliphatic imine (C=N–C) groups is 1. The molecule has 2 rings (SSSR count). The van der Waals surface area contributed by atoms with Crippen LogP contribution >= 0.6 is 24.0 Å². The molecule has 0 aliphatic rings. The summed E-state index contributed by atoms with van der Waals surface area (Å²) < 4.78 is 7.47. The van der Waals surface area contributed by atoms with Crippen molar-refractivity contribution in [2.45, 2.75) is 46.2 Å². The number of ether oxygens (including phenoxy) is 1. The topological polar surface area (TPSA) is 76.4 Å². The molecular formula is C19H31IN6O. The summed E-state index contributed by atoms with van der Waals surface area (Å²) in [6.45, 7) is 7.30. The fourth-order valence-corrected chi connectivity index (χ4v) is 2.59. The maximum Gasteiger partial charge on any atom is 0.191 e. The van der Waals surface area contributed by atoms with Gasteiger partial charge in [0.25, 0.3) is 0 Å². The van der Waals surface area contributed by atoms with Crippen molar-refractivity contribution in [2.75, 3.05) is 20.2 Å². The summed E-state index contributed by atoms with van der Waals surface area (Å²) in [4.78, 5) is 4.71. The van der Waals surface area contributed by atoms with Crippen LogP contribution in [0.2, 0.25) is 0 Å². The Balaban J connectivity index is 0.00000364. The van der Waals surface area contributed by atoms with E-state index in [4.69, 9.17) is 9.73 Å². The highest BCUT2D eigenvalue weighted by atomic mass is 127. The van der Waals surface area contributed by atoms with Crippen molar-refractivity contribution >= 4 is 29.9 Å². The number of methoxy groups -OCH3 is 1. The predicted octanol–water partition coefficient (Wildman–Crippen LogP) is 3.00. The first kappa shape index (κ1) is 23.2. The molecule has 0 atom stereocenters. The van der Waals surface area contributed by atoms with Crippen LogP contribution in [0, 0.1) is 0 Å². The van der Waals surface area contributed by atoms with Gasteiger partial charge in [-0.3, -0.25) is 0 Å². The van der Waals surface area contributed by atoms with E-state index in [0.29, 0.717) is 6.54 Å². The minimum absolute atomic E-state index is 0. The fourth-order valence-electron chi connectivity index (χ4n) is 2.59. The second-order valence-corrected chi connectivity index (χ2v) is 5.98. The molecule has 0 aliphatic carbocycles. The van der Waals surface area contributed by atoms with Crippen LogP contribution in [0.3, 0.4) is 0 Å². The van der Waals surface area contributed by atoms with Gasteiger partial charge in [-0.1, -0.05) is 38.5 Å². The smallest absolute Gasteiger partial charge is 0.191 e. The number of nitrogens with one attached hydrogen (secondary N) is 2. The van der Waals surface area contributed by atoms with Crippen molar-refractivity contribution in [1.82, 2.24) is 25.4 Å². The molecule has 2 aromatic rings. The minimum Gasteiger partial charge on any atom is -0.496 e. The summed E-state index contributed by atoms with van der Waals surface area (Å²) in [7, 11) is 1.69. The Kier molecular flexibility index (Phi) is 11.5. The Morgan fingerprint density at radius 3 is 2.70 bits per heavy atom. The number of nitrogens with zero attached hydrogens (tertiary/aromatic N) is 4. The zero-order valence-electron chi connectivity index (χ0n) is 16.4. The van der Waals surface area contributed by atoms with E-state index in [-0.39, 0.29) is 24.0 Å². The Morgan fingerprint density at radius 2 is 1.96 bits per heavy atom. The molecule has 0 spiro atoms. The van der Waals surface area contributed by atoms with Crippen LogP contribution in [0.5, 0.6) is 5.75 Å². The molecule has 2 N–H and O–H groups in total. The third kappa shape index (κ3) is 7.74. The van der Waals surface area contributed by atoms with Crippen molar-refractivity contribution in [3.8, 4) is 5.75 Å². The second kappa shape index (κ2) is 13.3. The Bertz CT molecular complexity index is 688. The van der Waals surface area contributed by atoms with E-state index >= 15 is 0 Å². The summed E-state index contributed by atoms with van der Waals surface area (Å²) in [5.41, 5.74) is 1.07. The van der Waals surface area contributed by atoms with Gasteiger partial charge in [0.05, 0.1) is 13.7 Å². The minimum atomic E-state index is 0. The quantitative estimate of drug-likeness (QED) is 0.234. The largest absolute Gasteiger partial charge is 0.496 e. The van der Waals surface area contributed by atoms with Crippen LogP contribution in [-0.2, 0) is 19.5 Å². The molecular weight excluding hydrogens is 455 g/mol. The van der Waals surface area contributed by atoms with Crippen molar-refractivity contribution < 1.29 is 4.74 Å². The lowest BCUT2D eigenvalue weighted by Gasteiger charge is -2.14. The van der Waals surface area contributed by atoms with E-state index in [2.05, 4.69) is 39.2 Å². The number of benzene rings is 1. The van der Waals surface area contributed by atoms with Crippen molar-refractivity contribution in [3.05, 3.63) is 42.0 Å². The Morgan fingerprint density at radius 1 is 1.19 bits per heavy atom. The van der Waals surface area contributed by atoms with Gasteiger partial charge < -0.3 is 19.9 Å². The molecule has 0 saturated carbocycles. The first-order chi connectivity index (χ1) is 12.8. The molecule has 0 fully saturated rings. The molecule has 0 saturated heterocycles. The maximum absolute atomic E-state index is 5.40. The molecule has 1 aromatic carbocycles. The number of aryl methyl sites for hydroxylation is 1. The summed E-state index contributed by atoms with van der Waals surface area (Å²) in [5.74, 6) is 2.68. The number of para-hydroxylation sites is 1. The highest BCUT2D eigenvalue weighted by Crippen LogP contribution is 2.17. The zero-order valence-corrected chi connectivity index (χ0v) is 18.8. The number of aromatic nitrogens is 3. The van der Waals surface area contributed by atoms with Gasteiger partial charge in [0.15, 0.2) is 5.96 Å². The van der Waals surface area contributed by atoms with Gasteiger partial charge in [-0.05, 0) is 12.5 Å². The van der Waals surface area contributed by atoms with Crippen molar-refractivity contribution in [2.24, 2.45) is 4.99 Å². The maximum atomic E-state index is 5.40. The average Bonchev–Trinajstić information content (AvgIpc) is 3.13. The standard InChI is InChI=1S/C19H30N6O.HI/c1-4-6-11-20-19(21-12-13-25-15-23-24-18(25)5-2)22-14-16-9-7-8-10-17(16)26-3;/h7-10,15H,4-6,11-14H2,1-3H3,(H2,20,21,22);1H. The molecule has 0 unspecified atom stereocenters. The first-order valence-electron chi connectivity index (χ1n) is 9.29. The summed E-state index contributed by atoms with van der Waals surface area (Å²) in [6.07, 6.45) is 4.91. The van der Waals surface area contributed by atoms with Gasteiger partial charge in [0.1, 0.15) is 17.9 Å². The molecule has 0 bridgehead atoms. The van der Waals surface area contributed by atoms with E-state index in [1.54, 1.807) is 13.4 Å². The molecule has 1 aromatic heterocycles. The zero-order chi connectivity index (χ0) is 18.6. The summed E-state index contributed by atoms with van der Waals surface area (Å²) in [6, 6.07) is 7.97. The van der Waals surface area contributed by atoms with Crippen molar-refractivity contribution in [1.29, 1.82) is 0 Å². The fraction of sp³-hybridized carbons (Fsp3) is 0.526. The van der Waals surface area contributed by atoms with E-state index < -0.39 is 0 Å². The highest BCUT2D eigenvalue weighted by molar-refractivity contribution is 14.0. The monoisotopic (exact) mass is 486 g/mol. The van der Waals surface area contributed by atoms with Crippen LogP contribution in [0.4, 0.5) is 0 Å². The predicted molar refractivity (Wildman–Crippen MR) is 120 cm³/mol. The second-order valence-electron chi connectivity index (χ2n) is 5.98. The molecule has 150 valence electrons. The summed E-state index contributed by atoms with van der Waals surface area (Å²) >= 11 is 0. The van der Waals surface area contributed by atoms with Gasteiger partial charge >= 0.3 is 0 Å². The SMILES string of the molecule is CCCCNC(=NCc1ccccc1OC)NCCn1cnnc1CC.I. The lowest BCUT2D eigenvalue weighted by Crippen LogP contribution is -2.39.